The summed E-state index contributed by atoms with van der Waals surface area (Å²) in [6.07, 6.45) is 0.589. The molecule has 1 saturated heterocycles. The molecule has 0 spiro atoms. The van der Waals surface area contributed by atoms with Gasteiger partial charge in [0.15, 0.2) is 0 Å². The van der Waals surface area contributed by atoms with E-state index in [0.717, 1.165) is 5.56 Å². The minimum atomic E-state index is -0.779. The molecule has 1 aliphatic heterocycles. The Labute approximate surface area is 114 Å². The summed E-state index contributed by atoms with van der Waals surface area (Å²) in [5, 5.41) is 0. The van der Waals surface area contributed by atoms with E-state index >= 15 is 0 Å². The molecule has 2 rings (SSSR count). The molecule has 19 heavy (non-hydrogen) atoms. The van der Waals surface area contributed by atoms with Crippen molar-refractivity contribution in [3.8, 4) is 0 Å². The van der Waals surface area contributed by atoms with Gasteiger partial charge in [0.05, 0.1) is 18.7 Å². The number of nitrogens with two attached hydrogens (primary N) is 1. The predicted molar refractivity (Wildman–Crippen MR) is 74.6 cm³/mol. The normalized spacial score (nSPS) is 22.9. The SMILES string of the molecule is CCC(C)(N)C(=O)N1CCOC(c2ccccc2)C1. The Morgan fingerprint density at radius 3 is 2.79 bits per heavy atom. The number of amides is 1. The second kappa shape index (κ2) is 5.72. The van der Waals surface area contributed by atoms with Crippen LogP contribution in [-0.4, -0.2) is 36.0 Å². The maximum absolute atomic E-state index is 12.4. The lowest BCUT2D eigenvalue weighted by atomic mass is 9.97. The summed E-state index contributed by atoms with van der Waals surface area (Å²) in [7, 11) is 0. The predicted octanol–water partition coefficient (Wildman–Crippen LogP) is 1.71. The van der Waals surface area contributed by atoms with Crippen molar-refractivity contribution in [2.45, 2.75) is 31.9 Å². The molecular formula is C15H22N2O2. The van der Waals surface area contributed by atoms with E-state index in [1.807, 2.05) is 42.2 Å². The van der Waals surface area contributed by atoms with Gasteiger partial charge in [0.2, 0.25) is 5.91 Å². The Balaban J connectivity index is 2.08. The summed E-state index contributed by atoms with van der Waals surface area (Å²) in [6, 6.07) is 10.0. The largest absolute Gasteiger partial charge is 0.370 e. The highest BCUT2D eigenvalue weighted by atomic mass is 16.5. The van der Waals surface area contributed by atoms with E-state index in [4.69, 9.17) is 10.5 Å². The number of morpholine rings is 1. The number of carbonyl (C=O) groups excluding carboxylic acids is 1. The Morgan fingerprint density at radius 2 is 2.16 bits per heavy atom. The Morgan fingerprint density at radius 1 is 1.47 bits per heavy atom. The quantitative estimate of drug-likeness (QED) is 0.902. The summed E-state index contributed by atoms with van der Waals surface area (Å²) in [6.45, 7) is 5.49. The molecule has 1 aliphatic rings. The van der Waals surface area contributed by atoms with Crippen LogP contribution in [0.2, 0.25) is 0 Å². The van der Waals surface area contributed by atoms with E-state index in [2.05, 4.69) is 0 Å². The lowest BCUT2D eigenvalue weighted by Crippen LogP contribution is -2.55. The van der Waals surface area contributed by atoms with Gasteiger partial charge in [0.1, 0.15) is 6.10 Å². The highest BCUT2D eigenvalue weighted by Gasteiger charge is 2.34. The highest BCUT2D eigenvalue weighted by molar-refractivity contribution is 5.85. The first-order valence-electron chi connectivity index (χ1n) is 6.79. The maximum atomic E-state index is 12.4. The van der Waals surface area contributed by atoms with Gasteiger partial charge in [-0.05, 0) is 18.9 Å². The van der Waals surface area contributed by atoms with Crippen molar-refractivity contribution in [3.63, 3.8) is 0 Å². The smallest absolute Gasteiger partial charge is 0.242 e. The number of ether oxygens (including phenoxy) is 1. The lowest BCUT2D eigenvalue weighted by Gasteiger charge is -2.37. The van der Waals surface area contributed by atoms with Gasteiger partial charge in [-0.15, -0.1) is 0 Å². The molecule has 0 radical (unpaired) electrons. The van der Waals surface area contributed by atoms with Crippen molar-refractivity contribution in [2.24, 2.45) is 5.73 Å². The first-order chi connectivity index (χ1) is 9.04. The number of hydrogen-bond acceptors (Lipinski definition) is 3. The molecular weight excluding hydrogens is 240 g/mol. The fraction of sp³-hybridized carbons (Fsp3) is 0.533. The third kappa shape index (κ3) is 3.14. The van der Waals surface area contributed by atoms with E-state index in [1.165, 1.54) is 0 Å². The van der Waals surface area contributed by atoms with Crippen molar-refractivity contribution < 1.29 is 9.53 Å². The van der Waals surface area contributed by atoms with Crippen molar-refractivity contribution >= 4 is 5.91 Å². The molecule has 4 nitrogen and oxygen atoms in total. The van der Waals surface area contributed by atoms with Crippen LogP contribution in [0.5, 0.6) is 0 Å². The number of nitrogens with zero attached hydrogens (tertiary/aromatic N) is 1. The van der Waals surface area contributed by atoms with Crippen LogP contribution in [0.1, 0.15) is 31.9 Å². The van der Waals surface area contributed by atoms with E-state index in [1.54, 1.807) is 6.92 Å². The van der Waals surface area contributed by atoms with E-state index in [9.17, 15) is 4.79 Å². The maximum Gasteiger partial charge on any atom is 0.242 e. The van der Waals surface area contributed by atoms with E-state index < -0.39 is 5.54 Å². The first-order valence-corrected chi connectivity index (χ1v) is 6.79. The lowest BCUT2D eigenvalue weighted by molar-refractivity contribution is -0.144. The third-order valence-corrected chi connectivity index (χ3v) is 3.75. The fourth-order valence-electron chi connectivity index (χ4n) is 2.22. The van der Waals surface area contributed by atoms with Gasteiger partial charge >= 0.3 is 0 Å². The van der Waals surface area contributed by atoms with Crippen LogP contribution in [0.4, 0.5) is 0 Å². The van der Waals surface area contributed by atoms with Crippen molar-refractivity contribution in [1.29, 1.82) is 0 Å². The first kappa shape index (κ1) is 14.0. The van der Waals surface area contributed by atoms with Crippen molar-refractivity contribution in [1.82, 2.24) is 4.90 Å². The molecule has 2 atom stereocenters. The molecule has 0 saturated carbocycles. The fourth-order valence-corrected chi connectivity index (χ4v) is 2.22. The average molecular weight is 262 g/mol. The summed E-state index contributed by atoms with van der Waals surface area (Å²) in [5.74, 6) is 0.0132. The average Bonchev–Trinajstić information content (AvgIpc) is 2.47. The molecule has 0 bridgehead atoms. The molecule has 0 aliphatic carbocycles. The molecule has 4 heteroatoms. The van der Waals surface area contributed by atoms with Crippen LogP contribution in [0.3, 0.4) is 0 Å². The van der Waals surface area contributed by atoms with Gasteiger partial charge in [-0.3, -0.25) is 4.79 Å². The van der Waals surface area contributed by atoms with Gasteiger partial charge in [-0.2, -0.15) is 0 Å². The second-order valence-corrected chi connectivity index (χ2v) is 5.29. The summed E-state index contributed by atoms with van der Waals surface area (Å²) >= 11 is 0. The number of hydrogen-bond donors (Lipinski definition) is 1. The van der Waals surface area contributed by atoms with Gasteiger partial charge in [0.25, 0.3) is 0 Å². The minimum absolute atomic E-state index is 0.0132. The molecule has 2 unspecified atom stereocenters. The number of benzene rings is 1. The molecule has 1 fully saturated rings. The van der Waals surface area contributed by atoms with Crippen LogP contribution in [0.15, 0.2) is 30.3 Å². The monoisotopic (exact) mass is 262 g/mol. The third-order valence-electron chi connectivity index (χ3n) is 3.75. The molecule has 104 valence electrons. The zero-order chi connectivity index (χ0) is 13.9. The van der Waals surface area contributed by atoms with Crippen molar-refractivity contribution in [3.05, 3.63) is 35.9 Å². The second-order valence-electron chi connectivity index (χ2n) is 5.29. The van der Waals surface area contributed by atoms with E-state index in [-0.39, 0.29) is 12.0 Å². The van der Waals surface area contributed by atoms with Crippen LogP contribution in [0, 0.1) is 0 Å². The summed E-state index contributed by atoms with van der Waals surface area (Å²) in [4.78, 5) is 14.2. The molecule has 1 aromatic carbocycles. The molecule has 1 amide bonds. The van der Waals surface area contributed by atoms with E-state index in [0.29, 0.717) is 26.1 Å². The molecule has 0 aromatic heterocycles. The van der Waals surface area contributed by atoms with Crippen LogP contribution >= 0.6 is 0 Å². The van der Waals surface area contributed by atoms with Gasteiger partial charge in [-0.25, -0.2) is 0 Å². The number of rotatable bonds is 3. The minimum Gasteiger partial charge on any atom is -0.370 e. The van der Waals surface area contributed by atoms with Crippen LogP contribution < -0.4 is 5.73 Å². The summed E-state index contributed by atoms with van der Waals surface area (Å²) < 4.78 is 5.76. The standard InChI is InChI=1S/C15H22N2O2/c1-3-15(2,16)14(18)17-9-10-19-13(11-17)12-7-5-4-6-8-12/h4-8,13H,3,9-11,16H2,1-2H3. The zero-order valence-corrected chi connectivity index (χ0v) is 11.6. The van der Waals surface area contributed by atoms with Crippen LogP contribution in [-0.2, 0) is 9.53 Å². The molecule has 1 heterocycles. The Hall–Kier alpha value is -1.39. The van der Waals surface area contributed by atoms with Gasteiger partial charge in [0, 0.05) is 6.54 Å². The van der Waals surface area contributed by atoms with Gasteiger partial charge < -0.3 is 15.4 Å². The molecule has 1 aromatic rings. The van der Waals surface area contributed by atoms with Gasteiger partial charge in [-0.1, -0.05) is 37.3 Å². The van der Waals surface area contributed by atoms with Crippen LogP contribution in [0.25, 0.3) is 0 Å². The van der Waals surface area contributed by atoms with Crippen molar-refractivity contribution in [2.75, 3.05) is 19.7 Å². The Bertz CT molecular complexity index is 431. The zero-order valence-electron chi connectivity index (χ0n) is 11.6. The summed E-state index contributed by atoms with van der Waals surface area (Å²) in [5.41, 5.74) is 6.37. The number of carbonyl (C=O) groups is 1. The topological polar surface area (TPSA) is 55.6 Å². The Kier molecular flexibility index (Phi) is 4.22. The highest BCUT2D eigenvalue weighted by Crippen LogP contribution is 2.23. The molecule has 2 N–H and O–H groups in total.